The van der Waals surface area contributed by atoms with Gasteiger partial charge in [0.05, 0.1) is 19.4 Å². The number of carbonyl (C=O) groups is 1. The molecule has 132 valence electrons. The summed E-state index contributed by atoms with van der Waals surface area (Å²) in [5.41, 5.74) is 1.21. The van der Waals surface area contributed by atoms with Crippen LogP contribution in [-0.4, -0.2) is 24.5 Å². The fraction of sp³-hybridized carbons (Fsp3) is 0.476. The number of hydrogen-bond donors (Lipinski definition) is 0. The second-order valence-corrected chi connectivity index (χ2v) is 7.13. The van der Waals surface area contributed by atoms with Crippen molar-refractivity contribution in [3.63, 3.8) is 0 Å². The summed E-state index contributed by atoms with van der Waals surface area (Å²) in [6.07, 6.45) is 7.11. The van der Waals surface area contributed by atoms with E-state index in [1.165, 1.54) is 18.4 Å². The number of methoxy groups -OCH3 is 1. The smallest absolute Gasteiger partial charge is 0.226 e. The van der Waals surface area contributed by atoms with Gasteiger partial charge in [-0.05, 0) is 49.1 Å². The molecule has 0 unspecified atom stereocenters. The summed E-state index contributed by atoms with van der Waals surface area (Å²) in [5, 5.41) is 0. The highest BCUT2D eigenvalue weighted by Crippen LogP contribution is 2.50. The van der Waals surface area contributed by atoms with E-state index < -0.39 is 0 Å². The van der Waals surface area contributed by atoms with E-state index in [0.29, 0.717) is 5.91 Å². The van der Waals surface area contributed by atoms with E-state index in [1.54, 1.807) is 13.4 Å². The zero-order valence-electron chi connectivity index (χ0n) is 14.7. The maximum atomic E-state index is 13.2. The number of amides is 1. The Morgan fingerprint density at radius 2 is 2.00 bits per heavy atom. The van der Waals surface area contributed by atoms with E-state index in [1.807, 2.05) is 24.3 Å². The van der Waals surface area contributed by atoms with Crippen LogP contribution in [0.2, 0.25) is 0 Å². The van der Waals surface area contributed by atoms with E-state index in [2.05, 4.69) is 17.0 Å². The van der Waals surface area contributed by atoms with E-state index in [4.69, 9.17) is 9.15 Å². The first-order chi connectivity index (χ1) is 12.3. The summed E-state index contributed by atoms with van der Waals surface area (Å²) in [4.78, 5) is 15.3. The minimum Gasteiger partial charge on any atom is -0.497 e. The highest BCUT2D eigenvalue weighted by atomic mass is 16.5. The van der Waals surface area contributed by atoms with Crippen molar-refractivity contribution in [1.29, 1.82) is 0 Å². The fourth-order valence-electron chi connectivity index (χ4n) is 4.04. The van der Waals surface area contributed by atoms with Crippen LogP contribution < -0.4 is 4.74 Å². The first-order valence-electron chi connectivity index (χ1n) is 9.26. The van der Waals surface area contributed by atoms with Crippen molar-refractivity contribution in [1.82, 2.24) is 4.90 Å². The highest BCUT2D eigenvalue weighted by molar-refractivity contribution is 5.83. The summed E-state index contributed by atoms with van der Waals surface area (Å²) in [6.45, 7) is 0.858. The highest BCUT2D eigenvalue weighted by Gasteiger charge is 2.48. The number of carbonyl (C=O) groups excluding carboxylic acids is 1. The summed E-state index contributed by atoms with van der Waals surface area (Å²) in [6, 6.07) is 12.3. The van der Waals surface area contributed by atoms with E-state index in [-0.39, 0.29) is 17.9 Å². The number of hydrogen-bond acceptors (Lipinski definition) is 3. The Hall–Kier alpha value is -2.23. The number of nitrogens with zero attached hydrogens (tertiary/aromatic N) is 1. The quantitative estimate of drug-likeness (QED) is 0.821. The Bertz CT molecular complexity index is 707. The van der Waals surface area contributed by atoms with Crippen molar-refractivity contribution >= 4 is 5.91 Å². The molecule has 2 heterocycles. The normalized spacial score (nSPS) is 26.1. The molecule has 1 saturated carbocycles. The lowest BCUT2D eigenvalue weighted by Gasteiger charge is -2.31. The molecule has 1 amide bonds. The Morgan fingerprint density at radius 3 is 2.72 bits per heavy atom. The van der Waals surface area contributed by atoms with Gasteiger partial charge in [0.1, 0.15) is 11.5 Å². The molecule has 2 aromatic rings. The van der Waals surface area contributed by atoms with Gasteiger partial charge in [0, 0.05) is 18.4 Å². The number of rotatable bonds is 4. The molecule has 25 heavy (non-hydrogen) atoms. The number of benzene rings is 1. The topological polar surface area (TPSA) is 42.7 Å². The molecule has 0 spiro atoms. The third kappa shape index (κ3) is 3.30. The molecule has 0 radical (unpaired) electrons. The Morgan fingerprint density at radius 1 is 1.16 bits per heavy atom. The fourth-order valence-corrected chi connectivity index (χ4v) is 4.04. The van der Waals surface area contributed by atoms with Crippen molar-refractivity contribution in [2.45, 2.75) is 44.1 Å². The average Bonchev–Trinajstić information content (AvgIpc) is 3.34. The molecule has 2 fully saturated rings. The Balaban J connectivity index is 1.53. The molecule has 0 N–H and O–H groups in total. The molecule has 0 bridgehead atoms. The molecule has 4 nitrogen and oxygen atoms in total. The second kappa shape index (κ2) is 6.95. The van der Waals surface area contributed by atoms with Gasteiger partial charge in [-0.25, -0.2) is 0 Å². The molecule has 2 aliphatic rings. The van der Waals surface area contributed by atoms with Crippen LogP contribution in [0.4, 0.5) is 0 Å². The molecule has 3 atom stereocenters. The zero-order valence-corrected chi connectivity index (χ0v) is 14.7. The summed E-state index contributed by atoms with van der Waals surface area (Å²) < 4.78 is 10.8. The number of ether oxygens (including phenoxy) is 1. The van der Waals surface area contributed by atoms with Gasteiger partial charge in [0.25, 0.3) is 0 Å². The van der Waals surface area contributed by atoms with Gasteiger partial charge in [0.15, 0.2) is 0 Å². The zero-order chi connectivity index (χ0) is 17.2. The summed E-state index contributed by atoms with van der Waals surface area (Å²) in [7, 11) is 1.68. The Kier molecular flexibility index (Phi) is 4.51. The summed E-state index contributed by atoms with van der Waals surface area (Å²) in [5.74, 6) is 2.46. The van der Waals surface area contributed by atoms with Gasteiger partial charge >= 0.3 is 0 Å². The van der Waals surface area contributed by atoms with Gasteiger partial charge in [0.2, 0.25) is 5.91 Å². The lowest BCUT2D eigenvalue weighted by Crippen LogP contribution is -2.36. The van der Waals surface area contributed by atoms with Crippen molar-refractivity contribution < 1.29 is 13.9 Å². The molecule has 4 heteroatoms. The van der Waals surface area contributed by atoms with Gasteiger partial charge in [-0.2, -0.15) is 0 Å². The Labute approximate surface area is 148 Å². The van der Waals surface area contributed by atoms with Gasteiger partial charge in [-0.3, -0.25) is 4.79 Å². The van der Waals surface area contributed by atoms with Gasteiger partial charge in [-0.1, -0.05) is 25.0 Å². The van der Waals surface area contributed by atoms with Gasteiger partial charge < -0.3 is 14.1 Å². The SMILES string of the molecule is COc1ccc([C@@H]2CCCCCN2C(=O)[C@H]2C[C@@H]2c2ccco2)cc1. The van der Waals surface area contributed by atoms with Crippen LogP contribution in [0.5, 0.6) is 5.75 Å². The minimum atomic E-state index is 0.0880. The van der Waals surface area contributed by atoms with Crippen molar-refractivity contribution in [2.24, 2.45) is 5.92 Å². The lowest BCUT2D eigenvalue weighted by molar-refractivity contribution is -0.135. The predicted molar refractivity (Wildman–Crippen MR) is 95.5 cm³/mol. The molecule has 1 saturated heterocycles. The number of furan rings is 1. The molecule has 1 aliphatic carbocycles. The van der Waals surface area contributed by atoms with Crippen LogP contribution in [0.15, 0.2) is 47.1 Å². The van der Waals surface area contributed by atoms with Crippen molar-refractivity contribution in [2.75, 3.05) is 13.7 Å². The maximum Gasteiger partial charge on any atom is 0.226 e. The van der Waals surface area contributed by atoms with Crippen LogP contribution in [0, 0.1) is 5.92 Å². The molecular weight excluding hydrogens is 314 g/mol. The molecule has 1 aromatic carbocycles. The standard InChI is InChI=1S/C21H25NO3/c1-24-16-10-8-15(9-11-16)19-6-3-2-4-12-22(19)21(23)18-14-17(18)20-7-5-13-25-20/h5,7-11,13,17-19H,2-4,6,12,14H2,1H3/t17-,18-,19-/m0/s1. The average molecular weight is 339 g/mol. The van der Waals surface area contributed by atoms with Crippen LogP contribution in [0.1, 0.15) is 55.4 Å². The molecule has 4 rings (SSSR count). The third-order valence-corrected chi connectivity index (χ3v) is 5.55. The molecular formula is C21H25NO3. The number of likely N-dealkylation sites (tertiary alicyclic amines) is 1. The minimum absolute atomic E-state index is 0.0880. The van der Waals surface area contributed by atoms with Crippen LogP contribution >= 0.6 is 0 Å². The van der Waals surface area contributed by atoms with E-state index >= 15 is 0 Å². The van der Waals surface area contributed by atoms with Gasteiger partial charge in [-0.15, -0.1) is 0 Å². The monoisotopic (exact) mass is 339 g/mol. The van der Waals surface area contributed by atoms with Crippen molar-refractivity contribution in [3.05, 3.63) is 54.0 Å². The predicted octanol–water partition coefficient (Wildman–Crippen LogP) is 4.54. The summed E-state index contributed by atoms with van der Waals surface area (Å²) >= 11 is 0. The van der Waals surface area contributed by atoms with Crippen molar-refractivity contribution in [3.8, 4) is 5.75 Å². The first-order valence-corrected chi connectivity index (χ1v) is 9.26. The van der Waals surface area contributed by atoms with E-state index in [0.717, 1.165) is 37.3 Å². The first kappa shape index (κ1) is 16.2. The third-order valence-electron chi connectivity index (χ3n) is 5.55. The lowest BCUT2D eigenvalue weighted by atomic mass is 10.00. The van der Waals surface area contributed by atoms with E-state index in [9.17, 15) is 4.79 Å². The van der Waals surface area contributed by atoms with Crippen LogP contribution in [0.3, 0.4) is 0 Å². The molecule has 1 aliphatic heterocycles. The maximum absolute atomic E-state index is 13.2. The van der Waals surface area contributed by atoms with Crippen LogP contribution in [0.25, 0.3) is 0 Å². The van der Waals surface area contributed by atoms with Crippen LogP contribution in [-0.2, 0) is 4.79 Å². The molecule has 1 aromatic heterocycles. The largest absolute Gasteiger partial charge is 0.497 e. The second-order valence-electron chi connectivity index (χ2n) is 7.13.